The van der Waals surface area contributed by atoms with Crippen molar-refractivity contribution in [2.24, 2.45) is 10.7 Å². The van der Waals surface area contributed by atoms with Crippen molar-refractivity contribution in [3.05, 3.63) is 28.3 Å². The molecule has 9 nitrogen and oxygen atoms in total. The van der Waals surface area contributed by atoms with E-state index < -0.39 is 14.8 Å². The second kappa shape index (κ2) is 12.2. The van der Waals surface area contributed by atoms with Crippen LogP contribution in [0.1, 0.15) is 45.4 Å². The van der Waals surface area contributed by atoms with E-state index in [0.717, 1.165) is 25.2 Å². The lowest BCUT2D eigenvalue weighted by Gasteiger charge is -2.10. The van der Waals surface area contributed by atoms with Crippen LogP contribution in [0.15, 0.2) is 28.1 Å². The summed E-state index contributed by atoms with van der Waals surface area (Å²) < 4.78 is 23.1. The van der Waals surface area contributed by atoms with Gasteiger partial charge in [-0.1, -0.05) is 39.0 Å². The number of hydrogen-bond donors (Lipinski definition) is 3. The maximum Gasteiger partial charge on any atom is 0.293 e. The van der Waals surface area contributed by atoms with E-state index in [1.807, 2.05) is 0 Å². The SMILES string of the molecule is CCCCCCCCN=C(N)NCCNc1ccc(S(C)(=O)=O)cc1[N+](=O)[O-]. The number of sulfone groups is 1. The van der Waals surface area contributed by atoms with E-state index in [2.05, 4.69) is 22.5 Å². The van der Waals surface area contributed by atoms with Crippen molar-refractivity contribution in [1.82, 2.24) is 5.32 Å². The summed E-state index contributed by atoms with van der Waals surface area (Å²) in [7, 11) is -3.51. The molecule has 0 saturated carbocycles. The zero-order valence-electron chi connectivity index (χ0n) is 16.6. The molecule has 158 valence electrons. The molecule has 28 heavy (non-hydrogen) atoms. The van der Waals surface area contributed by atoms with Crippen LogP contribution in [0.5, 0.6) is 0 Å². The Labute approximate surface area is 166 Å². The highest BCUT2D eigenvalue weighted by molar-refractivity contribution is 7.90. The van der Waals surface area contributed by atoms with Crippen LogP contribution in [0, 0.1) is 10.1 Å². The molecule has 0 aliphatic rings. The van der Waals surface area contributed by atoms with E-state index in [4.69, 9.17) is 5.73 Å². The standard InChI is InChI=1S/C18H31N5O4S/c1-3-4-5-6-7-8-11-21-18(19)22-13-12-20-16-10-9-15(28(2,26)27)14-17(16)23(24)25/h9-10,14,20H,3-8,11-13H2,1-2H3,(H3,19,21,22). The van der Waals surface area contributed by atoms with Gasteiger partial charge in [-0.05, 0) is 18.6 Å². The monoisotopic (exact) mass is 413 g/mol. The van der Waals surface area contributed by atoms with Crippen molar-refractivity contribution >= 4 is 27.2 Å². The molecule has 0 amide bonds. The summed E-state index contributed by atoms with van der Waals surface area (Å²) >= 11 is 0. The predicted molar refractivity (Wildman–Crippen MR) is 113 cm³/mol. The highest BCUT2D eigenvalue weighted by Gasteiger charge is 2.18. The first-order valence-electron chi connectivity index (χ1n) is 9.52. The normalized spacial score (nSPS) is 12.0. The zero-order chi connectivity index (χ0) is 21.0. The molecule has 0 aliphatic carbocycles. The number of aliphatic imine (C=N–C) groups is 1. The number of hydrogen-bond acceptors (Lipinski definition) is 6. The first kappa shape index (κ1) is 23.7. The second-order valence-electron chi connectivity index (χ2n) is 6.60. The molecule has 0 saturated heterocycles. The Morgan fingerprint density at radius 3 is 2.50 bits per heavy atom. The topological polar surface area (TPSA) is 140 Å². The Morgan fingerprint density at radius 1 is 1.18 bits per heavy atom. The summed E-state index contributed by atoms with van der Waals surface area (Å²) in [6.07, 6.45) is 8.14. The Morgan fingerprint density at radius 2 is 1.86 bits per heavy atom. The molecular weight excluding hydrogens is 382 g/mol. The van der Waals surface area contributed by atoms with Gasteiger partial charge in [0.2, 0.25) is 0 Å². The zero-order valence-corrected chi connectivity index (χ0v) is 17.4. The van der Waals surface area contributed by atoms with Crippen LogP contribution in [0.2, 0.25) is 0 Å². The summed E-state index contributed by atoms with van der Waals surface area (Å²) in [6.45, 7) is 3.66. The summed E-state index contributed by atoms with van der Waals surface area (Å²) in [5.41, 5.74) is 5.76. The Hall–Kier alpha value is -2.36. The van der Waals surface area contributed by atoms with E-state index in [9.17, 15) is 18.5 Å². The van der Waals surface area contributed by atoms with Gasteiger partial charge >= 0.3 is 0 Å². The number of guanidine groups is 1. The van der Waals surface area contributed by atoms with Gasteiger partial charge in [0.05, 0.1) is 9.82 Å². The van der Waals surface area contributed by atoms with E-state index in [1.54, 1.807) is 0 Å². The van der Waals surface area contributed by atoms with Crippen LogP contribution in [-0.2, 0) is 9.84 Å². The lowest BCUT2D eigenvalue weighted by molar-refractivity contribution is -0.384. The number of nitro benzene ring substituents is 1. The predicted octanol–water partition coefficient (Wildman–Crippen LogP) is 2.68. The molecule has 0 aromatic heterocycles. The molecule has 10 heteroatoms. The molecule has 0 radical (unpaired) electrons. The largest absolute Gasteiger partial charge is 0.378 e. The van der Waals surface area contributed by atoms with Crippen molar-refractivity contribution in [3.8, 4) is 0 Å². The van der Waals surface area contributed by atoms with Gasteiger partial charge in [-0.15, -0.1) is 0 Å². The third-order valence-electron chi connectivity index (χ3n) is 4.13. The van der Waals surface area contributed by atoms with Gasteiger partial charge in [0.15, 0.2) is 15.8 Å². The van der Waals surface area contributed by atoms with Gasteiger partial charge in [0.1, 0.15) is 5.69 Å². The highest BCUT2D eigenvalue weighted by Crippen LogP contribution is 2.27. The minimum atomic E-state index is -3.51. The summed E-state index contributed by atoms with van der Waals surface area (Å²) in [4.78, 5) is 14.7. The van der Waals surface area contributed by atoms with E-state index in [1.165, 1.54) is 37.8 Å². The van der Waals surface area contributed by atoms with E-state index >= 15 is 0 Å². The molecule has 0 fully saturated rings. The van der Waals surface area contributed by atoms with Crippen LogP contribution in [0.25, 0.3) is 0 Å². The van der Waals surface area contributed by atoms with Gasteiger partial charge in [-0.25, -0.2) is 8.42 Å². The molecule has 0 heterocycles. The number of benzene rings is 1. The van der Waals surface area contributed by atoms with Gasteiger partial charge in [-0.3, -0.25) is 15.1 Å². The molecule has 0 atom stereocenters. The molecule has 1 aromatic carbocycles. The summed E-state index contributed by atoms with van der Waals surface area (Å²) in [5.74, 6) is 0.345. The van der Waals surface area contributed by atoms with Crippen molar-refractivity contribution in [2.75, 3.05) is 31.2 Å². The highest BCUT2D eigenvalue weighted by atomic mass is 32.2. The van der Waals surface area contributed by atoms with Crippen LogP contribution in [0.4, 0.5) is 11.4 Å². The molecule has 1 aromatic rings. The number of unbranched alkanes of at least 4 members (excludes halogenated alkanes) is 5. The number of nitro groups is 1. The van der Waals surface area contributed by atoms with Crippen LogP contribution in [-0.4, -0.2) is 45.2 Å². The fourth-order valence-corrected chi connectivity index (χ4v) is 3.22. The van der Waals surface area contributed by atoms with Crippen molar-refractivity contribution in [3.63, 3.8) is 0 Å². The Kier molecular flexibility index (Phi) is 10.3. The lowest BCUT2D eigenvalue weighted by atomic mass is 10.1. The Balaban J connectivity index is 2.41. The van der Waals surface area contributed by atoms with E-state index in [0.29, 0.717) is 25.6 Å². The van der Waals surface area contributed by atoms with Crippen molar-refractivity contribution in [2.45, 2.75) is 50.3 Å². The summed E-state index contributed by atoms with van der Waals surface area (Å²) in [5, 5.41) is 17.1. The van der Waals surface area contributed by atoms with Crippen molar-refractivity contribution in [1.29, 1.82) is 0 Å². The average molecular weight is 414 g/mol. The molecule has 1 rings (SSSR count). The van der Waals surface area contributed by atoms with Crippen LogP contribution >= 0.6 is 0 Å². The number of rotatable bonds is 13. The number of nitrogens with zero attached hydrogens (tertiary/aromatic N) is 2. The van der Waals surface area contributed by atoms with Gasteiger partial charge in [-0.2, -0.15) is 0 Å². The maximum absolute atomic E-state index is 11.5. The van der Waals surface area contributed by atoms with Gasteiger partial charge < -0.3 is 16.4 Å². The maximum atomic E-state index is 11.5. The first-order chi connectivity index (χ1) is 13.3. The second-order valence-corrected chi connectivity index (χ2v) is 8.61. The summed E-state index contributed by atoms with van der Waals surface area (Å²) in [6, 6.07) is 3.79. The Bertz CT molecular complexity index is 765. The minimum absolute atomic E-state index is 0.0889. The molecule has 4 N–H and O–H groups in total. The average Bonchev–Trinajstić information content (AvgIpc) is 2.63. The number of anilines is 1. The first-order valence-corrected chi connectivity index (χ1v) is 11.4. The third-order valence-corrected chi connectivity index (χ3v) is 5.24. The van der Waals surface area contributed by atoms with Crippen LogP contribution in [0.3, 0.4) is 0 Å². The van der Waals surface area contributed by atoms with Gasteiger partial charge in [0.25, 0.3) is 5.69 Å². The minimum Gasteiger partial charge on any atom is -0.378 e. The smallest absolute Gasteiger partial charge is 0.293 e. The fourth-order valence-electron chi connectivity index (χ4n) is 2.58. The van der Waals surface area contributed by atoms with Crippen LogP contribution < -0.4 is 16.4 Å². The quantitative estimate of drug-likeness (QED) is 0.148. The fraction of sp³-hybridized carbons (Fsp3) is 0.611. The molecular formula is C18H31N5O4S. The van der Waals surface area contributed by atoms with Crippen molar-refractivity contribution < 1.29 is 13.3 Å². The third kappa shape index (κ3) is 9.03. The number of nitrogens with two attached hydrogens (primary N) is 1. The molecule has 0 aliphatic heterocycles. The molecule has 0 unspecified atom stereocenters. The lowest BCUT2D eigenvalue weighted by Crippen LogP contribution is -2.35. The van der Waals surface area contributed by atoms with E-state index in [-0.39, 0.29) is 16.3 Å². The molecule has 0 bridgehead atoms. The molecule has 0 spiro atoms. The van der Waals surface area contributed by atoms with Gasteiger partial charge in [0, 0.05) is 32.0 Å². The number of nitrogens with one attached hydrogen (secondary N) is 2.